The van der Waals surface area contributed by atoms with Gasteiger partial charge >= 0.3 is 11.1 Å². The van der Waals surface area contributed by atoms with E-state index in [9.17, 15) is 14.4 Å². The number of ether oxygens (including phenoxy) is 1. The predicted molar refractivity (Wildman–Crippen MR) is 89.9 cm³/mol. The van der Waals surface area contributed by atoms with E-state index >= 15 is 0 Å². The first-order valence-electron chi connectivity index (χ1n) is 8.59. The Balaban J connectivity index is 1.61. The van der Waals surface area contributed by atoms with E-state index in [1.165, 1.54) is 15.5 Å². The Labute approximate surface area is 148 Å². The molecule has 0 saturated carbocycles. The molecular weight excluding hydrogens is 340 g/mol. The Morgan fingerprint density at radius 1 is 1.27 bits per heavy atom. The summed E-state index contributed by atoms with van der Waals surface area (Å²) in [6, 6.07) is 3.08. The maximum absolute atomic E-state index is 12.5. The monoisotopic (exact) mass is 360 g/mol. The van der Waals surface area contributed by atoms with Gasteiger partial charge in [-0.1, -0.05) is 0 Å². The number of likely N-dealkylation sites (tertiary alicyclic amines) is 1. The maximum Gasteiger partial charge on any atom is 0.332 e. The van der Waals surface area contributed by atoms with Gasteiger partial charge in [0.1, 0.15) is 12.2 Å². The zero-order chi connectivity index (χ0) is 18.5. The van der Waals surface area contributed by atoms with Crippen molar-refractivity contribution in [2.75, 3.05) is 13.1 Å². The fourth-order valence-electron chi connectivity index (χ4n) is 3.55. The summed E-state index contributed by atoms with van der Waals surface area (Å²) < 4.78 is 13.8. The van der Waals surface area contributed by atoms with Crippen LogP contribution in [0.5, 0.6) is 0 Å². The van der Waals surface area contributed by atoms with Gasteiger partial charge in [-0.25, -0.2) is 4.68 Å². The van der Waals surface area contributed by atoms with Crippen LogP contribution in [0.1, 0.15) is 42.7 Å². The molecule has 138 valence electrons. The minimum Gasteiger partial charge on any atom is -0.459 e. The highest BCUT2D eigenvalue weighted by molar-refractivity contribution is 5.91. The van der Waals surface area contributed by atoms with Crippen molar-refractivity contribution in [3.8, 4) is 0 Å². The number of rotatable bonds is 2. The van der Waals surface area contributed by atoms with E-state index in [0.717, 1.165) is 0 Å². The van der Waals surface area contributed by atoms with Crippen molar-refractivity contribution in [2.45, 2.75) is 45.1 Å². The van der Waals surface area contributed by atoms with Gasteiger partial charge in [0.05, 0.1) is 25.4 Å². The van der Waals surface area contributed by atoms with Gasteiger partial charge in [0.25, 0.3) is 5.91 Å². The van der Waals surface area contributed by atoms with E-state index in [2.05, 4.69) is 5.10 Å². The Bertz CT molecular complexity index is 959. The second kappa shape index (κ2) is 5.94. The molecule has 2 aliphatic heterocycles. The molecule has 4 rings (SSSR count). The summed E-state index contributed by atoms with van der Waals surface area (Å²) >= 11 is 0. The molecule has 0 aromatic carbocycles. The van der Waals surface area contributed by atoms with Crippen LogP contribution in [0.3, 0.4) is 0 Å². The zero-order valence-electron chi connectivity index (χ0n) is 14.7. The third-order valence-electron chi connectivity index (χ3n) is 4.95. The van der Waals surface area contributed by atoms with Crippen molar-refractivity contribution in [3.63, 3.8) is 0 Å². The van der Waals surface area contributed by atoms with Gasteiger partial charge < -0.3 is 14.1 Å². The summed E-state index contributed by atoms with van der Waals surface area (Å²) in [5.41, 5.74) is -1.92. The molecule has 2 aliphatic rings. The molecule has 0 aliphatic carbocycles. The second-order valence-corrected chi connectivity index (χ2v) is 7.08. The maximum atomic E-state index is 12.5. The van der Waals surface area contributed by atoms with E-state index in [0.29, 0.717) is 25.3 Å². The van der Waals surface area contributed by atoms with Crippen molar-refractivity contribution in [1.29, 1.82) is 0 Å². The lowest BCUT2D eigenvalue weighted by molar-refractivity contribution is -0.0844. The predicted octanol–water partition coefficient (Wildman–Crippen LogP) is 0.394. The SMILES string of the molecule is CC(C)n1nc2n(c(=O)c1=O)C[C@@]1(CCN(C(=O)c3ccco3)C1)OC2. The van der Waals surface area contributed by atoms with Crippen molar-refractivity contribution < 1.29 is 13.9 Å². The van der Waals surface area contributed by atoms with Crippen LogP contribution in [0.4, 0.5) is 0 Å². The summed E-state index contributed by atoms with van der Waals surface area (Å²) in [5, 5.41) is 4.27. The van der Waals surface area contributed by atoms with Gasteiger partial charge in [-0.2, -0.15) is 5.10 Å². The average molecular weight is 360 g/mol. The first-order chi connectivity index (χ1) is 12.4. The summed E-state index contributed by atoms with van der Waals surface area (Å²) in [7, 11) is 0. The number of carbonyl (C=O) groups is 1. The topological polar surface area (TPSA) is 99.6 Å². The fraction of sp³-hybridized carbons (Fsp3) is 0.529. The molecule has 1 fully saturated rings. The van der Waals surface area contributed by atoms with E-state index in [1.807, 2.05) is 0 Å². The summed E-state index contributed by atoms with van der Waals surface area (Å²) in [6.45, 7) is 4.78. The minimum absolute atomic E-state index is 0.130. The smallest absolute Gasteiger partial charge is 0.332 e. The number of carbonyl (C=O) groups excluding carboxylic acids is 1. The highest BCUT2D eigenvalue weighted by Gasteiger charge is 2.45. The molecule has 4 heterocycles. The largest absolute Gasteiger partial charge is 0.459 e. The van der Waals surface area contributed by atoms with Gasteiger partial charge in [-0.15, -0.1) is 0 Å². The quantitative estimate of drug-likeness (QED) is 0.719. The molecule has 9 heteroatoms. The summed E-state index contributed by atoms with van der Waals surface area (Å²) in [4.78, 5) is 38.9. The first kappa shape index (κ1) is 16.8. The zero-order valence-corrected chi connectivity index (χ0v) is 14.7. The number of nitrogens with zero attached hydrogens (tertiary/aromatic N) is 4. The van der Waals surface area contributed by atoms with Crippen molar-refractivity contribution in [1.82, 2.24) is 19.2 Å². The lowest BCUT2D eigenvalue weighted by atomic mass is 10.0. The first-order valence-corrected chi connectivity index (χ1v) is 8.59. The number of amides is 1. The molecule has 0 radical (unpaired) electrons. The van der Waals surface area contributed by atoms with Crippen LogP contribution in [0.2, 0.25) is 0 Å². The van der Waals surface area contributed by atoms with Crippen molar-refractivity contribution in [2.24, 2.45) is 0 Å². The van der Waals surface area contributed by atoms with Crippen LogP contribution >= 0.6 is 0 Å². The highest BCUT2D eigenvalue weighted by atomic mass is 16.5. The van der Waals surface area contributed by atoms with Gasteiger partial charge in [-0.3, -0.25) is 19.0 Å². The molecule has 1 saturated heterocycles. The van der Waals surface area contributed by atoms with Crippen molar-refractivity contribution >= 4 is 5.91 Å². The van der Waals surface area contributed by atoms with Crippen LogP contribution in [-0.2, 0) is 17.9 Å². The number of fused-ring (bicyclic) bond motifs is 1. The minimum atomic E-state index is -0.683. The number of aromatic nitrogens is 3. The molecule has 2 aromatic rings. The second-order valence-electron chi connectivity index (χ2n) is 7.08. The normalized spacial score (nSPS) is 22.2. The van der Waals surface area contributed by atoms with Crippen LogP contribution in [-0.4, -0.2) is 43.8 Å². The third-order valence-corrected chi connectivity index (χ3v) is 4.95. The molecule has 1 amide bonds. The van der Waals surface area contributed by atoms with Crippen LogP contribution in [0.15, 0.2) is 32.4 Å². The Hall–Kier alpha value is -2.68. The van der Waals surface area contributed by atoms with Gasteiger partial charge in [-0.05, 0) is 32.4 Å². The number of hydrogen-bond donors (Lipinski definition) is 0. The highest BCUT2D eigenvalue weighted by Crippen LogP contribution is 2.31. The molecule has 0 unspecified atom stereocenters. The van der Waals surface area contributed by atoms with Gasteiger partial charge in [0.2, 0.25) is 0 Å². The van der Waals surface area contributed by atoms with Crippen molar-refractivity contribution in [3.05, 3.63) is 50.7 Å². The molecule has 1 atom stereocenters. The Morgan fingerprint density at radius 3 is 2.77 bits per heavy atom. The number of furan rings is 1. The lowest BCUT2D eigenvalue weighted by Gasteiger charge is -2.35. The van der Waals surface area contributed by atoms with E-state index < -0.39 is 16.7 Å². The van der Waals surface area contributed by atoms with Crippen LogP contribution in [0, 0.1) is 0 Å². The standard InChI is InChI=1S/C17H20N4O5/c1-11(2)21-16(24)15(23)20-10-17(26-8-13(20)18-21)5-6-19(9-17)14(22)12-4-3-7-25-12/h3-4,7,11H,5-6,8-10H2,1-2H3/t17-/m0/s1. The number of hydrogen-bond acceptors (Lipinski definition) is 6. The molecule has 26 heavy (non-hydrogen) atoms. The molecule has 1 spiro atoms. The molecule has 0 bridgehead atoms. The average Bonchev–Trinajstić information content (AvgIpc) is 3.28. The molecule has 0 N–H and O–H groups in total. The van der Waals surface area contributed by atoms with Gasteiger partial charge in [0.15, 0.2) is 11.6 Å². The van der Waals surface area contributed by atoms with Crippen LogP contribution in [0.25, 0.3) is 0 Å². The van der Waals surface area contributed by atoms with Gasteiger partial charge in [0, 0.05) is 6.54 Å². The summed E-state index contributed by atoms with van der Waals surface area (Å²) in [5.74, 6) is 0.503. The molecular formula is C17H20N4O5. The Morgan fingerprint density at radius 2 is 2.08 bits per heavy atom. The van der Waals surface area contributed by atoms with Crippen LogP contribution < -0.4 is 11.1 Å². The van der Waals surface area contributed by atoms with E-state index in [-0.39, 0.29) is 30.9 Å². The fourth-order valence-corrected chi connectivity index (χ4v) is 3.55. The Kier molecular flexibility index (Phi) is 3.83. The summed E-state index contributed by atoms with van der Waals surface area (Å²) in [6.07, 6.45) is 2.04. The van der Waals surface area contributed by atoms with E-state index in [1.54, 1.807) is 30.9 Å². The third kappa shape index (κ3) is 2.59. The molecule has 9 nitrogen and oxygen atoms in total. The molecule has 2 aromatic heterocycles. The lowest BCUT2D eigenvalue weighted by Crippen LogP contribution is -2.53. The van der Waals surface area contributed by atoms with E-state index in [4.69, 9.17) is 9.15 Å².